The lowest BCUT2D eigenvalue weighted by Crippen LogP contribution is -2.61. The van der Waals surface area contributed by atoms with E-state index in [0.717, 1.165) is 0 Å². The summed E-state index contributed by atoms with van der Waals surface area (Å²) in [6.07, 6.45) is 3.25. The van der Waals surface area contributed by atoms with Crippen LogP contribution in [0.4, 0.5) is 4.79 Å². The Morgan fingerprint density at radius 3 is 3.05 bits per heavy atom. The number of nitrogens with one attached hydrogen (secondary N) is 1. The van der Waals surface area contributed by atoms with Crippen molar-refractivity contribution >= 4 is 12.1 Å². The highest BCUT2D eigenvalue weighted by Crippen LogP contribution is 2.45. The Morgan fingerprint density at radius 2 is 2.47 bits per heavy atom. The number of ether oxygens (including phenoxy) is 3. The van der Waals surface area contributed by atoms with Gasteiger partial charge in [-0.1, -0.05) is 12.2 Å². The molecule has 0 aromatic carbocycles. The third-order valence-corrected chi connectivity index (χ3v) is 3.82. The quantitative estimate of drug-likeness (QED) is 0.526. The van der Waals surface area contributed by atoms with E-state index in [1.165, 1.54) is 0 Å². The minimum atomic E-state index is -0.970. The van der Waals surface area contributed by atoms with E-state index in [4.69, 9.17) is 19.9 Å². The summed E-state index contributed by atoms with van der Waals surface area (Å²) in [5, 5.41) is 2.61. The Morgan fingerprint density at radius 1 is 1.68 bits per heavy atom. The van der Waals surface area contributed by atoms with Gasteiger partial charge in [0.05, 0.1) is 12.7 Å². The van der Waals surface area contributed by atoms with E-state index in [1.54, 1.807) is 6.92 Å². The van der Waals surface area contributed by atoms with Crippen molar-refractivity contribution in [3.05, 3.63) is 12.2 Å². The molecule has 3 rings (SSSR count). The molecule has 7 nitrogen and oxygen atoms in total. The van der Waals surface area contributed by atoms with Crippen LogP contribution in [-0.2, 0) is 19.0 Å². The Hall–Kier alpha value is -1.60. The van der Waals surface area contributed by atoms with E-state index in [-0.39, 0.29) is 18.8 Å². The summed E-state index contributed by atoms with van der Waals surface area (Å²) in [4.78, 5) is 23.3. The number of amides is 1. The average molecular weight is 268 g/mol. The lowest BCUT2D eigenvalue weighted by Gasteiger charge is -2.33. The standard InChI is InChI=1S/C12H16N2O5/c1-2-17-10(15)8(13)9-12(19-11(16)14-9)5-6-3-4-7(12)18-6/h3-4,6-9H,2,5,13H2,1H3,(H,14,16)/t6?,7?,8-,9+,12?/m1/s1. The van der Waals surface area contributed by atoms with Crippen LogP contribution in [0.25, 0.3) is 0 Å². The lowest BCUT2D eigenvalue weighted by atomic mass is 9.80. The molecule has 3 aliphatic heterocycles. The van der Waals surface area contributed by atoms with Crippen molar-refractivity contribution in [1.29, 1.82) is 0 Å². The molecule has 2 bridgehead atoms. The fraction of sp³-hybridized carbons (Fsp3) is 0.667. The number of alkyl carbamates (subject to hydrolysis) is 1. The van der Waals surface area contributed by atoms with Crippen molar-refractivity contribution in [2.75, 3.05) is 6.61 Å². The fourth-order valence-electron chi connectivity index (χ4n) is 3.02. The van der Waals surface area contributed by atoms with E-state index in [1.807, 2.05) is 12.2 Å². The first-order valence-corrected chi connectivity index (χ1v) is 6.32. The second-order valence-electron chi connectivity index (χ2n) is 4.93. The molecule has 0 saturated carbocycles. The van der Waals surface area contributed by atoms with Gasteiger partial charge in [-0.3, -0.25) is 4.79 Å². The van der Waals surface area contributed by atoms with E-state index < -0.39 is 29.7 Å². The zero-order chi connectivity index (χ0) is 13.6. The molecule has 1 spiro atoms. The molecular weight excluding hydrogens is 252 g/mol. The van der Waals surface area contributed by atoms with E-state index in [9.17, 15) is 9.59 Å². The molecule has 0 aromatic rings. The van der Waals surface area contributed by atoms with Crippen LogP contribution in [0.5, 0.6) is 0 Å². The number of carbonyl (C=O) groups excluding carboxylic acids is 2. The minimum Gasteiger partial charge on any atom is -0.465 e. The molecule has 0 radical (unpaired) electrons. The zero-order valence-corrected chi connectivity index (χ0v) is 10.5. The molecule has 0 aromatic heterocycles. The number of rotatable bonds is 3. The van der Waals surface area contributed by atoms with Crippen molar-refractivity contribution < 1.29 is 23.8 Å². The smallest absolute Gasteiger partial charge is 0.408 e. The van der Waals surface area contributed by atoms with Gasteiger partial charge in [-0.25, -0.2) is 4.79 Å². The summed E-state index contributed by atoms with van der Waals surface area (Å²) in [5.74, 6) is -0.551. The number of hydrogen-bond donors (Lipinski definition) is 2. The normalized spacial score (nSPS) is 40.3. The lowest BCUT2D eigenvalue weighted by molar-refractivity contribution is -0.146. The second-order valence-corrected chi connectivity index (χ2v) is 4.93. The highest BCUT2D eigenvalue weighted by molar-refractivity contribution is 5.80. The highest BCUT2D eigenvalue weighted by atomic mass is 16.6. The number of fused-ring (bicyclic) bond motifs is 3. The largest absolute Gasteiger partial charge is 0.465 e. The maximum atomic E-state index is 11.8. The van der Waals surface area contributed by atoms with Gasteiger partial charge < -0.3 is 25.3 Å². The van der Waals surface area contributed by atoms with E-state index in [2.05, 4.69) is 5.32 Å². The summed E-state index contributed by atoms with van der Waals surface area (Å²) in [5.41, 5.74) is 5.01. The Balaban J connectivity index is 1.85. The van der Waals surface area contributed by atoms with Crippen LogP contribution in [0.2, 0.25) is 0 Å². The molecule has 2 fully saturated rings. The Kier molecular flexibility index (Phi) is 2.75. The molecule has 0 aliphatic carbocycles. The molecule has 3 aliphatic rings. The molecule has 5 atom stereocenters. The van der Waals surface area contributed by atoms with Gasteiger partial charge in [0, 0.05) is 6.42 Å². The zero-order valence-electron chi connectivity index (χ0n) is 10.5. The number of carbonyl (C=O) groups is 2. The highest BCUT2D eigenvalue weighted by Gasteiger charge is 2.63. The summed E-state index contributed by atoms with van der Waals surface area (Å²) >= 11 is 0. The van der Waals surface area contributed by atoms with Crippen LogP contribution < -0.4 is 11.1 Å². The van der Waals surface area contributed by atoms with E-state index in [0.29, 0.717) is 6.42 Å². The van der Waals surface area contributed by atoms with Gasteiger partial charge in [-0.05, 0) is 6.92 Å². The third kappa shape index (κ3) is 1.73. The minimum absolute atomic E-state index is 0.0883. The molecule has 104 valence electrons. The Bertz CT molecular complexity index is 451. The van der Waals surface area contributed by atoms with Crippen LogP contribution in [0, 0.1) is 0 Å². The van der Waals surface area contributed by atoms with Gasteiger partial charge >= 0.3 is 12.1 Å². The molecule has 3 heterocycles. The molecular formula is C12H16N2O5. The summed E-state index contributed by atoms with van der Waals surface area (Å²) < 4.78 is 15.9. The molecule has 1 amide bonds. The van der Waals surface area contributed by atoms with Crippen molar-refractivity contribution in [2.45, 2.75) is 43.2 Å². The summed E-state index contributed by atoms with van der Waals surface area (Å²) in [6, 6.07) is -1.61. The van der Waals surface area contributed by atoms with Crippen LogP contribution >= 0.6 is 0 Å². The van der Waals surface area contributed by atoms with Gasteiger partial charge in [0.25, 0.3) is 0 Å². The maximum absolute atomic E-state index is 11.8. The van der Waals surface area contributed by atoms with Crippen molar-refractivity contribution in [2.24, 2.45) is 5.73 Å². The molecule has 19 heavy (non-hydrogen) atoms. The van der Waals surface area contributed by atoms with Crippen LogP contribution in [0.1, 0.15) is 13.3 Å². The third-order valence-electron chi connectivity index (χ3n) is 3.82. The first-order valence-electron chi connectivity index (χ1n) is 6.32. The monoisotopic (exact) mass is 268 g/mol. The van der Waals surface area contributed by atoms with Crippen molar-refractivity contribution in [3.63, 3.8) is 0 Å². The topological polar surface area (TPSA) is 99.9 Å². The van der Waals surface area contributed by atoms with Gasteiger partial charge in [0.2, 0.25) is 0 Å². The average Bonchev–Trinajstić information content (AvgIpc) is 3.03. The van der Waals surface area contributed by atoms with Crippen molar-refractivity contribution in [1.82, 2.24) is 5.32 Å². The predicted octanol–water partition coefficient (Wildman–Crippen LogP) is -0.549. The molecule has 7 heteroatoms. The number of hydrogen-bond acceptors (Lipinski definition) is 6. The second kappa shape index (κ2) is 4.21. The fourth-order valence-corrected chi connectivity index (χ4v) is 3.02. The first kappa shape index (κ1) is 12.4. The molecule has 2 saturated heterocycles. The maximum Gasteiger partial charge on any atom is 0.408 e. The van der Waals surface area contributed by atoms with Crippen molar-refractivity contribution in [3.8, 4) is 0 Å². The summed E-state index contributed by atoms with van der Waals surface area (Å²) in [6.45, 7) is 1.94. The van der Waals surface area contributed by atoms with Gasteiger partial charge in [-0.2, -0.15) is 0 Å². The Labute approximate surface area is 110 Å². The SMILES string of the molecule is CCOC(=O)[C@H](N)[C@@H]1NC(=O)OC12CC1C=CC2O1. The van der Waals surface area contributed by atoms with E-state index >= 15 is 0 Å². The van der Waals surface area contributed by atoms with Crippen LogP contribution in [0.15, 0.2) is 12.2 Å². The first-order chi connectivity index (χ1) is 9.06. The van der Waals surface area contributed by atoms with Gasteiger partial charge in [-0.15, -0.1) is 0 Å². The van der Waals surface area contributed by atoms with Gasteiger partial charge in [0.1, 0.15) is 18.2 Å². The van der Waals surface area contributed by atoms with Crippen LogP contribution in [-0.4, -0.2) is 48.6 Å². The van der Waals surface area contributed by atoms with Crippen LogP contribution in [0.3, 0.4) is 0 Å². The predicted molar refractivity (Wildman–Crippen MR) is 63.2 cm³/mol. The molecule has 3 unspecified atom stereocenters. The summed E-state index contributed by atoms with van der Waals surface area (Å²) in [7, 11) is 0. The molecule has 3 N–H and O–H groups in total. The number of esters is 1. The van der Waals surface area contributed by atoms with Gasteiger partial charge in [0.15, 0.2) is 5.60 Å². The number of nitrogens with two attached hydrogens (primary N) is 1.